The summed E-state index contributed by atoms with van der Waals surface area (Å²) in [5.41, 5.74) is -0.560. The molecular weight excluding hydrogens is 250 g/mol. The Balaban J connectivity index is 2.49. The number of carbonyl (C=O) groups is 2. The molecule has 1 saturated heterocycles. The van der Waals surface area contributed by atoms with Crippen molar-refractivity contribution < 1.29 is 14.7 Å². The zero-order valence-electron chi connectivity index (χ0n) is 11.4. The Labute approximate surface area is 113 Å². The third kappa shape index (κ3) is 4.52. The van der Waals surface area contributed by atoms with Crippen LogP contribution < -0.4 is 5.32 Å². The lowest BCUT2D eigenvalue weighted by Crippen LogP contribution is -2.44. The van der Waals surface area contributed by atoms with Crippen LogP contribution in [-0.2, 0) is 9.59 Å². The summed E-state index contributed by atoms with van der Waals surface area (Å²) in [6, 6.07) is 0. The molecule has 1 aliphatic heterocycles. The zero-order chi connectivity index (χ0) is 13.8. The summed E-state index contributed by atoms with van der Waals surface area (Å²) in [7, 11) is 0. The monoisotopic (exact) mass is 273 g/mol. The third-order valence-electron chi connectivity index (χ3n) is 3.15. The van der Waals surface area contributed by atoms with Gasteiger partial charge >= 0.3 is 5.97 Å². The van der Waals surface area contributed by atoms with Gasteiger partial charge in [0.1, 0.15) is 5.92 Å². The van der Waals surface area contributed by atoms with Crippen LogP contribution in [0.3, 0.4) is 0 Å². The van der Waals surface area contributed by atoms with E-state index in [0.717, 1.165) is 12.2 Å². The molecule has 1 rings (SSSR count). The number of hydrogen-bond acceptors (Lipinski definition) is 3. The second kappa shape index (κ2) is 6.45. The van der Waals surface area contributed by atoms with E-state index in [1.807, 2.05) is 11.8 Å². The lowest BCUT2D eigenvalue weighted by molar-refractivity contribution is -0.151. The van der Waals surface area contributed by atoms with Crippen molar-refractivity contribution >= 4 is 23.6 Å². The van der Waals surface area contributed by atoms with Crippen molar-refractivity contribution in [2.45, 2.75) is 45.3 Å². The van der Waals surface area contributed by atoms with Gasteiger partial charge in [0.05, 0.1) is 0 Å². The van der Waals surface area contributed by atoms with Gasteiger partial charge in [-0.15, -0.1) is 0 Å². The van der Waals surface area contributed by atoms with Crippen LogP contribution >= 0.6 is 11.8 Å². The van der Waals surface area contributed by atoms with Gasteiger partial charge in [-0.1, -0.05) is 27.2 Å². The Morgan fingerprint density at radius 2 is 2.06 bits per heavy atom. The number of carboxylic acid groups (broad SMARTS) is 1. The Hall–Kier alpha value is -0.710. The first-order valence-corrected chi connectivity index (χ1v) is 7.49. The minimum atomic E-state index is -1.05. The zero-order valence-corrected chi connectivity index (χ0v) is 12.2. The molecule has 0 aromatic carbocycles. The van der Waals surface area contributed by atoms with Crippen molar-refractivity contribution in [3.8, 4) is 0 Å². The largest absolute Gasteiger partial charge is 0.481 e. The number of carboxylic acids is 1. The molecule has 104 valence electrons. The number of nitrogens with one attached hydrogen (secondary N) is 1. The molecule has 0 spiro atoms. The summed E-state index contributed by atoms with van der Waals surface area (Å²) in [5, 5.41) is 12.4. The van der Waals surface area contributed by atoms with Gasteiger partial charge in [0, 0.05) is 11.8 Å². The van der Waals surface area contributed by atoms with Crippen LogP contribution in [0.15, 0.2) is 0 Å². The molecular formula is C13H23NO3S. The van der Waals surface area contributed by atoms with Crippen LogP contribution in [0, 0.1) is 11.3 Å². The minimum absolute atomic E-state index is 0.360. The highest BCUT2D eigenvalue weighted by Gasteiger charge is 2.37. The molecule has 0 saturated carbocycles. The summed E-state index contributed by atoms with van der Waals surface area (Å²) in [6.07, 6.45) is 3.56. The van der Waals surface area contributed by atoms with Gasteiger partial charge < -0.3 is 10.4 Å². The van der Waals surface area contributed by atoms with Gasteiger partial charge in [-0.2, -0.15) is 11.8 Å². The van der Waals surface area contributed by atoms with Crippen molar-refractivity contribution in [2.75, 3.05) is 12.3 Å². The van der Waals surface area contributed by atoms with Crippen LogP contribution in [0.2, 0.25) is 0 Å². The first-order valence-electron chi connectivity index (χ1n) is 6.44. The predicted molar refractivity (Wildman–Crippen MR) is 73.7 cm³/mol. The molecule has 1 fully saturated rings. The topological polar surface area (TPSA) is 66.4 Å². The van der Waals surface area contributed by atoms with Gasteiger partial charge in [-0.3, -0.25) is 9.59 Å². The minimum Gasteiger partial charge on any atom is -0.481 e. The summed E-state index contributed by atoms with van der Waals surface area (Å²) < 4.78 is 0. The standard InChI is InChI=1S/C13H23NO3S/c1-13(2,3)10(12(16)17)11(15)14-8-9-6-4-5-7-18-9/h9-10H,4-8H2,1-3H3,(H,14,15)(H,16,17). The summed E-state index contributed by atoms with van der Waals surface area (Å²) in [4.78, 5) is 23.1. The molecule has 1 heterocycles. The third-order valence-corrected chi connectivity index (χ3v) is 4.55. The van der Waals surface area contributed by atoms with Gasteiger partial charge in [0.2, 0.25) is 5.91 Å². The number of hydrogen-bond donors (Lipinski definition) is 2. The lowest BCUT2D eigenvalue weighted by atomic mass is 9.80. The van der Waals surface area contributed by atoms with E-state index in [-0.39, 0.29) is 5.91 Å². The van der Waals surface area contributed by atoms with Gasteiger partial charge in [0.25, 0.3) is 0 Å². The van der Waals surface area contributed by atoms with Crippen molar-refractivity contribution in [3.05, 3.63) is 0 Å². The fourth-order valence-corrected chi connectivity index (χ4v) is 3.40. The average molecular weight is 273 g/mol. The van der Waals surface area contributed by atoms with Crippen LogP contribution in [-0.4, -0.2) is 34.5 Å². The molecule has 1 aliphatic rings. The number of carbonyl (C=O) groups excluding carboxylic acids is 1. The van der Waals surface area contributed by atoms with Crippen molar-refractivity contribution in [1.29, 1.82) is 0 Å². The smallest absolute Gasteiger partial charge is 0.316 e. The van der Waals surface area contributed by atoms with E-state index in [9.17, 15) is 9.59 Å². The van der Waals surface area contributed by atoms with E-state index in [2.05, 4.69) is 5.32 Å². The molecule has 0 aromatic rings. The predicted octanol–water partition coefficient (Wildman–Crippen LogP) is 2.14. The molecule has 2 unspecified atom stereocenters. The lowest BCUT2D eigenvalue weighted by Gasteiger charge is -2.27. The second-order valence-electron chi connectivity index (χ2n) is 5.87. The molecule has 0 aliphatic carbocycles. The average Bonchev–Trinajstić information content (AvgIpc) is 2.25. The summed E-state index contributed by atoms with van der Waals surface area (Å²) >= 11 is 1.87. The fourth-order valence-electron chi connectivity index (χ4n) is 2.16. The number of thioether (sulfide) groups is 1. The summed E-state index contributed by atoms with van der Waals surface area (Å²) in [5.74, 6) is -1.24. The number of rotatable bonds is 4. The van der Waals surface area contributed by atoms with Crippen LogP contribution in [0.25, 0.3) is 0 Å². The Bertz CT molecular complexity index is 306. The Morgan fingerprint density at radius 3 is 2.50 bits per heavy atom. The van der Waals surface area contributed by atoms with Gasteiger partial charge in [0.15, 0.2) is 0 Å². The van der Waals surface area contributed by atoms with Crippen LogP contribution in [0.4, 0.5) is 0 Å². The fraction of sp³-hybridized carbons (Fsp3) is 0.846. The van der Waals surface area contributed by atoms with Gasteiger partial charge in [-0.05, 0) is 24.0 Å². The molecule has 1 amide bonds. The highest BCUT2D eigenvalue weighted by molar-refractivity contribution is 7.99. The van der Waals surface area contributed by atoms with Crippen molar-refractivity contribution in [1.82, 2.24) is 5.32 Å². The van der Waals surface area contributed by atoms with Crippen molar-refractivity contribution in [2.24, 2.45) is 11.3 Å². The van der Waals surface area contributed by atoms with E-state index >= 15 is 0 Å². The van der Waals surface area contributed by atoms with E-state index in [1.165, 1.54) is 12.8 Å². The van der Waals surface area contributed by atoms with E-state index in [0.29, 0.717) is 11.8 Å². The van der Waals surface area contributed by atoms with Crippen LogP contribution in [0.5, 0.6) is 0 Å². The van der Waals surface area contributed by atoms with Gasteiger partial charge in [-0.25, -0.2) is 0 Å². The molecule has 0 radical (unpaired) electrons. The molecule has 2 N–H and O–H groups in total. The molecule has 2 atom stereocenters. The summed E-state index contributed by atoms with van der Waals surface area (Å²) in [6.45, 7) is 5.92. The Morgan fingerprint density at radius 1 is 1.39 bits per heavy atom. The molecule has 5 heteroatoms. The van der Waals surface area contributed by atoms with E-state index < -0.39 is 17.3 Å². The van der Waals surface area contributed by atoms with Crippen molar-refractivity contribution in [3.63, 3.8) is 0 Å². The molecule has 18 heavy (non-hydrogen) atoms. The highest BCUT2D eigenvalue weighted by Crippen LogP contribution is 2.27. The maximum Gasteiger partial charge on any atom is 0.316 e. The van der Waals surface area contributed by atoms with Crippen LogP contribution in [0.1, 0.15) is 40.0 Å². The second-order valence-corrected chi connectivity index (χ2v) is 7.28. The normalized spacial score (nSPS) is 22.3. The van der Waals surface area contributed by atoms with E-state index in [1.54, 1.807) is 20.8 Å². The SMILES string of the molecule is CC(C)(C)C(C(=O)O)C(=O)NCC1CCCCS1. The molecule has 4 nitrogen and oxygen atoms in total. The maximum atomic E-state index is 12.0. The number of aliphatic carboxylic acids is 1. The Kier molecular flexibility index (Phi) is 5.50. The number of amides is 1. The quantitative estimate of drug-likeness (QED) is 0.770. The first-order chi connectivity index (χ1) is 8.32. The molecule has 0 aromatic heterocycles. The maximum absolute atomic E-state index is 12.0. The molecule has 0 bridgehead atoms. The highest BCUT2D eigenvalue weighted by atomic mass is 32.2. The first kappa shape index (κ1) is 15.3. The van der Waals surface area contributed by atoms with E-state index in [4.69, 9.17) is 5.11 Å².